The van der Waals surface area contributed by atoms with Crippen molar-refractivity contribution in [3.8, 4) is 23.0 Å². The quantitative estimate of drug-likeness (QED) is 0.289. The molecule has 2 aromatic heterocycles. The van der Waals surface area contributed by atoms with Crippen molar-refractivity contribution in [1.29, 1.82) is 0 Å². The van der Waals surface area contributed by atoms with Gasteiger partial charge in [-0.1, -0.05) is 0 Å². The third kappa shape index (κ3) is 5.80. The molecule has 0 radical (unpaired) electrons. The SMILES string of the molecule is COC(=O)CC(c1oc(CN2CCc3cc(OC)c(OC)cc3C2)cc(=O)c1O)c1cc2ccc(OC)cc2n(C)c1=O. The van der Waals surface area contributed by atoms with Crippen LogP contribution in [0.4, 0.5) is 0 Å². The van der Waals surface area contributed by atoms with E-state index in [1.807, 2.05) is 12.1 Å². The Bertz CT molecular complexity index is 1810. The van der Waals surface area contributed by atoms with Crippen LogP contribution in [0.2, 0.25) is 0 Å². The predicted octanol–water partition coefficient (Wildman–Crippen LogP) is 3.48. The summed E-state index contributed by atoms with van der Waals surface area (Å²) < 4.78 is 28.7. The van der Waals surface area contributed by atoms with Crippen molar-refractivity contribution in [1.82, 2.24) is 9.47 Å². The first-order chi connectivity index (χ1) is 20.7. The molecule has 11 nitrogen and oxygen atoms in total. The molecule has 2 aromatic carbocycles. The molecule has 0 amide bonds. The lowest BCUT2D eigenvalue weighted by atomic mass is 9.92. The van der Waals surface area contributed by atoms with Crippen molar-refractivity contribution in [2.75, 3.05) is 35.0 Å². The standard InChI is InChI=1S/C32H34N2O9/c1-33-25-13-21(39-2)7-6-19(25)10-24(32(33)38)23(15-29(36)42-5)31-30(37)26(35)14-22(43-31)17-34-9-8-18-11-27(40-3)28(41-4)12-20(18)16-34/h6-7,10-14,23,37H,8-9,15-17H2,1-5H3. The largest absolute Gasteiger partial charge is 0.502 e. The summed E-state index contributed by atoms with van der Waals surface area (Å²) in [6, 6.07) is 12.1. The molecule has 0 bridgehead atoms. The molecule has 1 aliphatic heterocycles. The number of methoxy groups -OCH3 is 4. The number of hydrogen-bond donors (Lipinski definition) is 1. The maximum absolute atomic E-state index is 13.6. The van der Waals surface area contributed by atoms with E-state index in [0.29, 0.717) is 47.0 Å². The van der Waals surface area contributed by atoms with Gasteiger partial charge in [-0.15, -0.1) is 0 Å². The smallest absolute Gasteiger partial charge is 0.306 e. The number of nitrogens with zero attached hydrogens (tertiary/aromatic N) is 2. The van der Waals surface area contributed by atoms with Gasteiger partial charge in [0.25, 0.3) is 5.56 Å². The van der Waals surface area contributed by atoms with E-state index in [2.05, 4.69) is 4.90 Å². The number of carbonyl (C=O) groups is 1. The van der Waals surface area contributed by atoms with Crippen molar-refractivity contribution in [2.24, 2.45) is 7.05 Å². The van der Waals surface area contributed by atoms with E-state index in [4.69, 9.17) is 23.4 Å². The van der Waals surface area contributed by atoms with Crippen LogP contribution in [0.3, 0.4) is 0 Å². The van der Waals surface area contributed by atoms with Crippen LogP contribution < -0.4 is 25.2 Å². The van der Waals surface area contributed by atoms with Crippen LogP contribution in [0.5, 0.6) is 23.0 Å². The topological polar surface area (TPSA) is 130 Å². The molecular formula is C32H34N2O9. The number of pyridine rings is 1. The van der Waals surface area contributed by atoms with Gasteiger partial charge in [-0.05, 0) is 53.3 Å². The molecule has 1 N–H and O–H groups in total. The summed E-state index contributed by atoms with van der Waals surface area (Å²) in [5.41, 5.74) is 1.91. The summed E-state index contributed by atoms with van der Waals surface area (Å²) >= 11 is 0. The Morgan fingerprint density at radius 3 is 2.37 bits per heavy atom. The molecule has 0 saturated carbocycles. The molecule has 1 aliphatic rings. The van der Waals surface area contributed by atoms with E-state index in [1.54, 1.807) is 45.5 Å². The van der Waals surface area contributed by atoms with Crippen molar-refractivity contribution >= 4 is 16.9 Å². The highest BCUT2D eigenvalue weighted by molar-refractivity contribution is 5.82. The van der Waals surface area contributed by atoms with Crippen LogP contribution in [0.1, 0.15) is 40.5 Å². The van der Waals surface area contributed by atoms with Gasteiger partial charge in [0.15, 0.2) is 17.3 Å². The van der Waals surface area contributed by atoms with Crippen molar-refractivity contribution in [3.63, 3.8) is 0 Å². The number of carbonyl (C=O) groups excluding carboxylic acids is 1. The summed E-state index contributed by atoms with van der Waals surface area (Å²) in [6.45, 7) is 1.51. The van der Waals surface area contributed by atoms with Gasteiger partial charge in [-0.3, -0.25) is 19.3 Å². The first kappa shape index (κ1) is 29.7. The van der Waals surface area contributed by atoms with Crippen LogP contribution >= 0.6 is 0 Å². The lowest BCUT2D eigenvalue weighted by Crippen LogP contribution is -2.30. The minimum Gasteiger partial charge on any atom is -0.502 e. The van der Waals surface area contributed by atoms with Gasteiger partial charge in [0.2, 0.25) is 11.2 Å². The third-order valence-electron chi connectivity index (χ3n) is 7.93. The summed E-state index contributed by atoms with van der Waals surface area (Å²) in [7, 11) is 7.56. The Labute approximate surface area is 247 Å². The molecule has 4 aromatic rings. The summed E-state index contributed by atoms with van der Waals surface area (Å²) in [5, 5.41) is 11.6. The molecule has 11 heteroatoms. The highest BCUT2D eigenvalue weighted by Crippen LogP contribution is 2.36. The highest BCUT2D eigenvalue weighted by atomic mass is 16.5. The minimum absolute atomic E-state index is 0.165. The second kappa shape index (κ2) is 12.2. The summed E-state index contributed by atoms with van der Waals surface area (Å²) in [6.07, 6.45) is 0.416. The van der Waals surface area contributed by atoms with Crippen LogP contribution in [0.25, 0.3) is 10.9 Å². The molecule has 0 spiro atoms. The number of rotatable bonds is 9. The van der Waals surface area contributed by atoms with Gasteiger partial charge < -0.3 is 33.0 Å². The van der Waals surface area contributed by atoms with Crippen LogP contribution in [0, 0.1) is 0 Å². The average molecular weight is 591 g/mol. The number of aromatic hydroxyl groups is 1. The Hall–Kier alpha value is -4.77. The van der Waals surface area contributed by atoms with Crippen molar-refractivity contribution < 1.29 is 33.3 Å². The first-order valence-corrected chi connectivity index (χ1v) is 13.7. The zero-order chi connectivity index (χ0) is 30.8. The molecule has 5 rings (SSSR count). The van der Waals surface area contributed by atoms with E-state index < -0.39 is 28.6 Å². The van der Waals surface area contributed by atoms with Gasteiger partial charge in [0.05, 0.1) is 52.8 Å². The fourth-order valence-electron chi connectivity index (χ4n) is 5.60. The number of esters is 1. The van der Waals surface area contributed by atoms with Crippen molar-refractivity contribution in [2.45, 2.75) is 31.8 Å². The number of hydrogen-bond acceptors (Lipinski definition) is 10. The molecule has 43 heavy (non-hydrogen) atoms. The Morgan fingerprint density at radius 1 is 0.977 bits per heavy atom. The fraction of sp³-hybridized carbons (Fsp3) is 0.344. The van der Waals surface area contributed by atoms with E-state index in [0.717, 1.165) is 17.5 Å². The number of aryl methyl sites for hydroxylation is 1. The van der Waals surface area contributed by atoms with E-state index in [1.165, 1.54) is 24.9 Å². The van der Waals surface area contributed by atoms with Crippen LogP contribution in [-0.2, 0) is 36.1 Å². The van der Waals surface area contributed by atoms with Gasteiger partial charge in [0.1, 0.15) is 11.5 Å². The second-order valence-electron chi connectivity index (χ2n) is 10.4. The molecule has 226 valence electrons. The lowest BCUT2D eigenvalue weighted by Gasteiger charge is -2.29. The number of ether oxygens (including phenoxy) is 4. The van der Waals surface area contributed by atoms with Gasteiger partial charge in [0, 0.05) is 37.8 Å². The zero-order valence-electron chi connectivity index (χ0n) is 24.8. The maximum Gasteiger partial charge on any atom is 0.306 e. The minimum atomic E-state index is -1.08. The van der Waals surface area contributed by atoms with Gasteiger partial charge in [-0.25, -0.2) is 0 Å². The van der Waals surface area contributed by atoms with E-state index in [-0.39, 0.29) is 24.3 Å². The normalized spacial score (nSPS) is 13.8. The van der Waals surface area contributed by atoms with Crippen molar-refractivity contribution in [3.05, 3.63) is 91.3 Å². The number of aromatic nitrogens is 1. The van der Waals surface area contributed by atoms with E-state index in [9.17, 15) is 19.5 Å². The molecule has 0 saturated heterocycles. The van der Waals surface area contributed by atoms with Crippen LogP contribution in [0.15, 0.2) is 56.5 Å². The Kier molecular flexibility index (Phi) is 8.45. The van der Waals surface area contributed by atoms with E-state index >= 15 is 0 Å². The zero-order valence-corrected chi connectivity index (χ0v) is 24.8. The summed E-state index contributed by atoms with van der Waals surface area (Å²) in [4.78, 5) is 41.3. The monoisotopic (exact) mass is 590 g/mol. The summed E-state index contributed by atoms with van der Waals surface area (Å²) in [5.74, 6) is -0.371. The third-order valence-corrected chi connectivity index (χ3v) is 7.93. The second-order valence-corrected chi connectivity index (χ2v) is 10.4. The molecular weight excluding hydrogens is 556 g/mol. The molecule has 1 atom stereocenters. The van der Waals surface area contributed by atoms with Crippen LogP contribution in [-0.4, -0.2) is 55.5 Å². The molecule has 1 unspecified atom stereocenters. The predicted molar refractivity (Wildman–Crippen MR) is 158 cm³/mol. The highest BCUT2D eigenvalue weighted by Gasteiger charge is 2.30. The molecule has 0 aliphatic carbocycles. The molecule has 3 heterocycles. The van der Waals surface area contributed by atoms with Gasteiger partial charge in [-0.2, -0.15) is 0 Å². The lowest BCUT2D eigenvalue weighted by molar-refractivity contribution is -0.140. The first-order valence-electron chi connectivity index (χ1n) is 13.7. The molecule has 0 fully saturated rings. The Balaban J connectivity index is 1.54. The average Bonchev–Trinajstić information content (AvgIpc) is 3.02. The number of fused-ring (bicyclic) bond motifs is 2. The van der Waals surface area contributed by atoms with Gasteiger partial charge >= 0.3 is 5.97 Å². The Morgan fingerprint density at radius 2 is 1.70 bits per heavy atom. The maximum atomic E-state index is 13.6. The fourth-order valence-corrected chi connectivity index (χ4v) is 5.60. The number of benzene rings is 2.